The number of rotatable bonds is 11. The van der Waals surface area contributed by atoms with Crippen LogP contribution in [0.4, 0.5) is 85.3 Å². The first-order valence-corrected chi connectivity index (χ1v) is 35.8. The molecule has 4 aliphatic heterocycles. The van der Waals surface area contributed by atoms with Crippen molar-refractivity contribution >= 4 is 143 Å². The van der Waals surface area contributed by atoms with E-state index in [-0.39, 0.29) is 24.3 Å². The second-order valence-electron chi connectivity index (χ2n) is 28.9. The van der Waals surface area contributed by atoms with Crippen molar-refractivity contribution in [2.45, 2.75) is 62.2 Å². The van der Waals surface area contributed by atoms with Crippen LogP contribution in [0.15, 0.2) is 343 Å². The first-order valence-electron chi connectivity index (χ1n) is 35.0. The summed E-state index contributed by atoms with van der Waals surface area (Å²) in [5.41, 5.74) is 31.7. The molecule has 18 rings (SSSR count). The Balaban J connectivity index is 0.917. The van der Waals surface area contributed by atoms with Crippen molar-refractivity contribution in [3.05, 3.63) is 345 Å². The van der Waals surface area contributed by atoms with Crippen LogP contribution in [0.2, 0.25) is 0 Å². The minimum Gasteiger partial charge on any atom is -0.311 e. The summed E-state index contributed by atoms with van der Waals surface area (Å²) in [6, 6.07) is 125. The number of hydrogen-bond donors (Lipinski definition) is 0. The third-order valence-electron chi connectivity index (χ3n) is 20.7. The molecule has 0 fully saturated rings. The summed E-state index contributed by atoms with van der Waals surface area (Å²) in [4.78, 5) is 15.1. The lowest BCUT2D eigenvalue weighted by Gasteiger charge is -2.46. The maximum atomic E-state index is 2.65. The molecule has 0 saturated heterocycles. The van der Waals surface area contributed by atoms with E-state index in [2.05, 4.69) is 400 Å². The van der Waals surface area contributed by atoms with Crippen LogP contribution in [0.3, 0.4) is 0 Å². The van der Waals surface area contributed by atoms with Gasteiger partial charge in [-0.05, 0) is 176 Å². The van der Waals surface area contributed by atoms with Crippen LogP contribution in [0.5, 0.6) is 0 Å². The zero-order valence-electron chi connectivity index (χ0n) is 57.1. The van der Waals surface area contributed by atoms with Crippen molar-refractivity contribution in [3.63, 3.8) is 0 Å². The monoisotopic (exact) mass is 1300 g/mol. The van der Waals surface area contributed by atoms with Gasteiger partial charge in [-0.15, -0.1) is 0 Å². The van der Waals surface area contributed by atoms with Crippen LogP contribution in [0, 0.1) is 0 Å². The minimum absolute atomic E-state index is 0.00144. The molecule has 14 aromatic rings. The van der Waals surface area contributed by atoms with Gasteiger partial charge in [-0.2, -0.15) is 0 Å². The standard InChI is InChI=1S/C92H73B2N5S/c1-91(2,3)64-52-48-62(49-53-64)73-40-22-26-44-79(73)96(68-34-16-9-17-35-68)71-56-84-89-85(57-71)99(80-45-27-23-41-74(80)63-50-54-65(55-51-63)92(4,5)6)82-47-29-25-43-76(82)93(89)77-60-78-87(61-83(77)98(84)70-38-20-11-21-39-70)100-88-59-72(95(66-30-12-7-13-31-66)67-32-14-8-15-33-67)58-86-90(88)94(78)75-42-24-28-46-81(75)97(86)69-36-18-10-19-37-69/h7-61H,1-6H3. The second kappa shape index (κ2) is 24.2. The van der Waals surface area contributed by atoms with E-state index in [0.717, 1.165) is 90.6 Å². The van der Waals surface area contributed by atoms with Gasteiger partial charge in [0.25, 0.3) is 6.71 Å². The Morgan fingerprint density at radius 2 is 0.670 bits per heavy atom. The topological polar surface area (TPSA) is 16.2 Å². The molecule has 0 spiro atoms. The van der Waals surface area contributed by atoms with Gasteiger partial charge in [0.15, 0.2) is 0 Å². The lowest BCUT2D eigenvalue weighted by Crippen LogP contribution is -2.64. The average molecular weight is 1300 g/mol. The normalized spacial score (nSPS) is 13.2. The van der Waals surface area contributed by atoms with Gasteiger partial charge < -0.3 is 24.5 Å². The molecule has 0 saturated carbocycles. The highest BCUT2D eigenvalue weighted by Crippen LogP contribution is 2.53. The third kappa shape index (κ3) is 10.3. The Morgan fingerprint density at radius 1 is 0.270 bits per heavy atom. The molecule has 100 heavy (non-hydrogen) atoms. The number of anilines is 15. The molecular weight excluding hydrogens is 1230 g/mol. The van der Waals surface area contributed by atoms with E-state index in [1.807, 2.05) is 11.8 Å². The SMILES string of the molecule is CC(C)(C)c1ccc(-c2ccccc2N(c2ccccc2)c2cc3c4c(c2)N(c2ccccc2-c2ccc(C(C)(C)C)cc2)c2ccccc2B4c2cc4c(cc2N3c2ccccc2)Sc2cc(N(c3ccccc3)c3ccccc3)cc3c2B4c2ccccc2N3c2ccccc2)cc1. The smallest absolute Gasteiger partial charge is 0.252 e. The Hall–Kier alpha value is -11.4. The summed E-state index contributed by atoms with van der Waals surface area (Å²) in [5.74, 6) is 0. The summed E-state index contributed by atoms with van der Waals surface area (Å²) < 4.78 is 0. The van der Waals surface area contributed by atoms with Crippen LogP contribution in [-0.2, 0) is 10.8 Å². The van der Waals surface area contributed by atoms with Crippen LogP contribution < -0.4 is 57.3 Å². The number of para-hydroxylation sites is 9. The van der Waals surface area contributed by atoms with Crippen LogP contribution >= 0.6 is 11.8 Å². The molecule has 0 aromatic heterocycles. The molecule has 0 radical (unpaired) electrons. The fourth-order valence-electron chi connectivity index (χ4n) is 16.1. The maximum absolute atomic E-state index is 2.65. The van der Waals surface area contributed by atoms with E-state index in [9.17, 15) is 0 Å². The third-order valence-corrected chi connectivity index (χ3v) is 21.9. The highest BCUT2D eigenvalue weighted by Gasteiger charge is 2.48. The Labute approximate surface area is 593 Å². The highest BCUT2D eigenvalue weighted by molar-refractivity contribution is 8.00. The Morgan fingerprint density at radius 3 is 1.21 bits per heavy atom. The highest BCUT2D eigenvalue weighted by atomic mass is 32.2. The van der Waals surface area contributed by atoms with Crippen LogP contribution in [0.1, 0.15) is 52.7 Å². The van der Waals surface area contributed by atoms with E-state index >= 15 is 0 Å². The molecule has 0 N–H and O–H groups in total. The summed E-state index contributed by atoms with van der Waals surface area (Å²) in [7, 11) is 0. The molecule has 14 aromatic carbocycles. The molecule has 4 aliphatic rings. The number of fused-ring (bicyclic) bond motifs is 8. The van der Waals surface area contributed by atoms with Gasteiger partial charge in [0, 0.05) is 89.2 Å². The summed E-state index contributed by atoms with van der Waals surface area (Å²) in [6.45, 7) is 13.5. The molecule has 8 heteroatoms. The van der Waals surface area contributed by atoms with Crippen molar-refractivity contribution in [1.82, 2.24) is 0 Å². The van der Waals surface area contributed by atoms with Gasteiger partial charge in [-0.1, -0.05) is 277 Å². The predicted molar refractivity (Wildman–Crippen MR) is 428 cm³/mol. The largest absolute Gasteiger partial charge is 0.311 e. The van der Waals surface area contributed by atoms with Crippen molar-refractivity contribution in [2.75, 3.05) is 24.5 Å². The molecule has 0 amide bonds. The van der Waals surface area contributed by atoms with Crippen molar-refractivity contribution < 1.29 is 0 Å². The van der Waals surface area contributed by atoms with Gasteiger partial charge in [0.2, 0.25) is 6.71 Å². The summed E-state index contributed by atoms with van der Waals surface area (Å²) >= 11 is 1.91. The molecule has 0 unspecified atom stereocenters. The molecule has 478 valence electrons. The quantitative estimate of drug-likeness (QED) is 0.119. The van der Waals surface area contributed by atoms with Gasteiger partial charge in [-0.3, -0.25) is 0 Å². The minimum atomic E-state index is -0.179. The first kappa shape index (κ1) is 60.9. The number of nitrogens with zero attached hydrogens (tertiary/aromatic N) is 5. The molecule has 0 aliphatic carbocycles. The fourth-order valence-corrected chi connectivity index (χ4v) is 17.3. The maximum Gasteiger partial charge on any atom is 0.252 e. The molecule has 5 nitrogen and oxygen atoms in total. The predicted octanol–water partition coefficient (Wildman–Crippen LogP) is 21.4. The fraction of sp³-hybridized carbons (Fsp3) is 0.0870. The average Bonchev–Trinajstić information content (AvgIpc) is 0.690. The summed E-state index contributed by atoms with van der Waals surface area (Å²) in [5, 5.41) is 0. The molecular formula is C92H73B2N5S. The van der Waals surface area contributed by atoms with E-state index in [0.29, 0.717) is 0 Å². The van der Waals surface area contributed by atoms with Crippen molar-refractivity contribution in [1.29, 1.82) is 0 Å². The second-order valence-corrected chi connectivity index (χ2v) is 29.9. The zero-order chi connectivity index (χ0) is 67.4. The van der Waals surface area contributed by atoms with Gasteiger partial charge in [0.05, 0.1) is 17.1 Å². The van der Waals surface area contributed by atoms with E-state index < -0.39 is 0 Å². The lowest BCUT2D eigenvalue weighted by atomic mass is 9.31. The van der Waals surface area contributed by atoms with Crippen molar-refractivity contribution in [2.24, 2.45) is 0 Å². The first-order chi connectivity index (χ1) is 48.9. The number of hydrogen-bond acceptors (Lipinski definition) is 6. The van der Waals surface area contributed by atoms with Crippen LogP contribution in [-0.4, -0.2) is 13.4 Å². The number of benzene rings is 14. The van der Waals surface area contributed by atoms with E-state index in [1.54, 1.807) is 0 Å². The molecule has 0 bridgehead atoms. The summed E-state index contributed by atoms with van der Waals surface area (Å²) in [6.07, 6.45) is 0. The Bertz CT molecular complexity index is 5410. The van der Waals surface area contributed by atoms with Gasteiger partial charge >= 0.3 is 0 Å². The van der Waals surface area contributed by atoms with Crippen molar-refractivity contribution in [3.8, 4) is 22.3 Å². The van der Waals surface area contributed by atoms with E-state index in [1.165, 1.54) is 70.6 Å². The zero-order valence-corrected chi connectivity index (χ0v) is 57.9. The lowest BCUT2D eigenvalue weighted by molar-refractivity contribution is 0.590. The van der Waals surface area contributed by atoms with Crippen LogP contribution in [0.25, 0.3) is 22.3 Å². The van der Waals surface area contributed by atoms with E-state index in [4.69, 9.17) is 0 Å². The van der Waals surface area contributed by atoms with Gasteiger partial charge in [-0.25, -0.2) is 0 Å². The Kier molecular flexibility index (Phi) is 14.8. The molecule has 4 heterocycles. The molecule has 0 atom stereocenters. The van der Waals surface area contributed by atoms with Gasteiger partial charge in [0.1, 0.15) is 0 Å².